The maximum absolute atomic E-state index is 12.9. The highest BCUT2D eigenvalue weighted by Crippen LogP contribution is 2.36. The zero-order chi connectivity index (χ0) is 18.2. The van der Waals surface area contributed by atoms with Crippen LogP contribution in [0, 0.1) is 6.92 Å². The van der Waals surface area contributed by atoms with Crippen LogP contribution in [0.3, 0.4) is 0 Å². The van der Waals surface area contributed by atoms with Crippen molar-refractivity contribution in [2.24, 2.45) is 0 Å². The number of hydrogen-bond donors (Lipinski definition) is 1. The van der Waals surface area contributed by atoms with Crippen LogP contribution >= 0.6 is 0 Å². The Morgan fingerprint density at radius 3 is 2.60 bits per heavy atom. The normalized spacial score (nSPS) is 23.7. The predicted octanol–water partition coefficient (Wildman–Crippen LogP) is 3.16. The van der Waals surface area contributed by atoms with Gasteiger partial charge in [0.1, 0.15) is 0 Å². The smallest absolute Gasteiger partial charge is 0.390 e. The van der Waals surface area contributed by atoms with Crippen LogP contribution in [0.15, 0.2) is 18.2 Å². The molecule has 2 saturated heterocycles. The maximum atomic E-state index is 12.9. The molecule has 1 spiro atoms. The van der Waals surface area contributed by atoms with Gasteiger partial charge in [-0.25, -0.2) is 0 Å². The molecule has 0 aromatic heterocycles. The summed E-state index contributed by atoms with van der Waals surface area (Å²) >= 11 is 0. The number of piperidine rings is 1. The highest BCUT2D eigenvalue weighted by Gasteiger charge is 2.44. The topological polar surface area (TPSA) is 49.8 Å². The lowest BCUT2D eigenvalue weighted by Gasteiger charge is -2.46. The maximum Gasteiger partial charge on any atom is 0.416 e. The molecule has 0 aliphatic carbocycles. The van der Waals surface area contributed by atoms with Crippen LogP contribution in [-0.2, 0) is 10.9 Å². The third-order valence-corrected chi connectivity index (χ3v) is 5.31. The molecule has 1 N–H and O–H groups in total. The van der Waals surface area contributed by atoms with Crippen molar-refractivity contribution in [3.8, 4) is 0 Å². The summed E-state index contributed by atoms with van der Waals surface area (Å²) < 4.78 is 44.6. The van der Waals surface area contributed by atoms with Gasteiger partial charge in [0.15, 0.2) is 0 Å². The number of aryl methyl sites for hydroxylation is 1. The summed E-state index contributed by atoms with van der Waals surface area (Å²) in [5.74, 6) is -0.399. The number of aliphatic hydroxyl groups is 1. The fourth-order valence-corrected chi connectivity index (χ4v) is 3.68. The summed E-state index contributed by atoms with van der Waals surface area (Å²) in [6, 6.07) is 3.24. The minimum atomic E-state index is -4.48. The number of rotatable bonds is 1. The molecular weight excluding hydrogens is 335 g/mol. The fourth-order valence-electron chi connectivity index (χ4n) is 3.68. The predicted molar refractivity (Wildman–Crippen MR) is 85.2 cm³/mol. The molecule has 2 heterocycles. The molecule has 4 nitrogen and oxygen atoms in total. The Balaban J connectivity index is 1.75. The van der Waals surface area contributed by atoms with Gasteiger partial charge in [0.25, 0.3) is 5.91 Å². The van der Waals surface area contributed by atoms with Gasteiger partial charge in [0.2, 0.25) is 0 Å². The standard InChI is InChI=1S/C18H22F3NO3/c1-12-4-5-13(18(19,20)21)11-14(12)16(24)22-8-6-17(7-9-22)15(23)3-2-10-25-17/h4-5,11,15,23H,2-3,6-10H2,1H3/t15-/m1/s1. The molecule has 1 aromatic carbocycles. The molecule has 138 valence electrons. The van der Waals surface area contributed by atoms with Gasteiger partial charge in [-0.3, -0.25) is 4.79 Å². The van der Waals surface area contributed by atoms with Gasteiger partial charge in [-0.05, 0) is 50.3 Å². The molecule has 1 amide bonds. The van der Waals surface area contributed by atoms with Crippen LogP contribution in [0.25, 0.3) is 0 Å². The van der Waals surface area contributed by atoms with Crippen molar-refractivity contribution in [3.05, 3.63) is 34.9 Å². The number of nitrogens with zero attached hydrogens (tertiary/aromatic N) is 1. The number of alkyl halides is 3. The van der Waals surface area contributed by atoms with Crippen LogP contribution in [0.5, 0.6) is 0 Å². The molecule has 2 fully saturated rings. The van der Waals surface area contributed by atoms with E-state index in [0.717, 1.165) is 18.6 Å². The van der Waals surface area contributed by atoms with E-state index in [1.165, 1.54) is 6.07 Å². The van der Waals surface area contributed by atoms with Gasteiger partial charge >= 0.3 is 6.18 Å². The number of halogens is 3. The first-order chi connectivity index (χ1) is 11.7. The molecule has 25 heavy (non-hydrogen) atoms. The number of likely N-dealkylation sites (tertiary alicyclic amines) is 1. The molecule has 2 aliphatic heterocycles. The number of hydrogen-bond acceptors (Lipinski definition) is 3. The average molecular weight is 357 g/mol. The van der Waals surface area contributed by atoms with E-state index in [4.69, 9.17) is 4.74 Å². The molecule has 3 rings (SSSR count). The van der Waals surface area contributed by atoms with E-state index in [0.29, 0.717) is 44.5 Å². The van der Waals surface area contributed by atoms with E-state index >= 15 is 0 Å². The van der Waals surface area contributed by atoms with Crippen LogP contribution in [0.1, 0.15) is 47.2 Å². The third-order valence-electron chi connectivity index (χ3n) is 5.31. The van der Waals surface area contributed by atoms with Crippen molar-refractivity contribution < 1.29 is 27.8 Å². The summed E-state index contributed by atoms with van der Waals surface area (Å²) in [5.41, 5.74) is -0.832. The minimum absolute atomic E-state index is 0.0795. The summed E-state index contributed by atoms with van der Waals surface area (Å²) in [7, 11) is 0. The summed E-state index contributed by atoms with van der Waals surface area (Å²) in [6.45, 7) is 2.96. The van der Waals surface area contributed by atoms with Gasteiger partial charge in [-0.15, -0.1) is 0 Å². The number of carbonyl (C=O) groups excluding carboxylic acids is 1. The van der Waals surface area contributed by atoms with Gasteiger partial charge in [-0.2, -0.15) is 13.2 Å². The highest BCUT2D eigenvalue weighted by atomic mass is 19.4. The first-order valence-electron chi connectivity index (χ1n) is 8.52. The average Bonchev–Trinajstić information content (AvgIpc) is 2.57. The summed E-state index contributed by atoms with van der Waals surface area (Å²) in [4.78, 5) is 14.3. The van der Waals surface area contributed by atoms with E-state index in [9.17, 15) is 23.1 Å². The van der Waals surface area contributed by atoms with Crippen molar-refractivity contribution in [2.75, 3.05) is 19.7 Å². The van der Waals surface area contributed by atoms with Crippen molar-refractivity contribution in [1.29, 1.82) is 0 Å². The second kappa shape index (κ2) is 6.61. The quantitative estimate of drug-likeness (QED) is 0.840. The zero-order valence-electron chi connectivity index (χ0n) is 14.1. The molecule has 1 atom stereocenters. The van der Waals surface area contributed by atoms with Gasteiger partial charge in [-0.1, -0.05) is 6.07 Å². The molecule has 1 aromatic rings. The van der Waals surface area contributed by atoms with E-state index in [1.54, 1.807) is 11.8 Å². The second-order valence-corrected chi connectivity index (χ2v) is 6.89. The first kappa shape index (κ1) is 18.2. The van der Waals surface area contributed by atoms with Gasteiger partial charge in [0, 0.05) is 25.3 Å². The molecule has 2 aliphatic rings. The van der Waals surface area contributed by atoms with Crippen LogP contribution in [-0.4, -0.2) is 47.3 Å². The zero-order valence-corrected chi connectivity index (χ0v) is 14.1. The Morgan fingerprint density at radius 2 is 2.00 bits per heavy atom. The molecular formula is C18H22F3NO3. The summed E-state index contributed by atoms with van der Waals surface area (Å²) in [5, 5.41) is 10.2. The van der Waals surface area contributed by atoms with Crippen molar-refractivity contribution in [3.63, 3.8) is 0 Å². The highest BCUT2D eigenvalue weighted by molar-refractivity contribution is 5.96. The Bertz CT molecular complexity index is 651. The second-order valence-electron chi connectivity index (χ2n) is 6.89. The first-order valence-corrected chi connectivity index (χ1v) is 8.52. The van der Waals surface area contributed by atoms with Gasteiger partial charge < -0.3 is 14.7 Å². The van der Waals surface area contributed by atoms with Crippen LogP contribution in [0.2, 0.25) is 0 Å². The molecule has 7 heteroatoms. The SMILES string of the molecule is Cc1ccc(C(F)(F)F)cc1C(=O)N1CCC2(CC1)OCCC[C@H]2O. The van der Waals surface area contributed by atoms with E-state index in [-0.39, 0.29) is 5.56 Å². The van der Waals surface area contributed by atoms with Crippen molar-refractivity contribution in [1.82, 2.24) is 4.90 Å². The van der Waals surface area contributed by atoms with E-state index < -0.39 is 29.4 Å². The number of ether oxygens (including phenoxy) is 1. The lowest BCUT2D eigenvalue weighted by molar-refractivity contribution is -0.174. The molecule has 0 saturated carbocycles. The van der Waals surface area contributed by atoms with E-state index in [1.807, 2.05) is 0 Å². The Labute approximate surface area is 144 Å². The van der Waals surface area contributed by atoms with Crippen molar-refractivity contribution in [2.45, 2.75) is 50.5 Å². The number of benzene rings is 1. The number of amides is 1. The summed E-state index contributed by atoms with van der Waals surface area (Å²) in [6.07, 6.45) is -2.53. The minimum Gasteiger partial charge on any atom is -0.390 e. The van der Waals surface area contributed by atoms with E-state index in [2.05, 4.69) is 0 Å². The van der Waals surface area contributed by atoms with Crippen molar-refractivity contribution >= 4 is 5.91 Å². The number of carbonyl (C=O) groups is 1. The Kier molecular flexibility index (Phi) is 4.81. The molecule has 0 bridgehead atoms. The lowest BCUT2D eigenvalue weighted by Crippen LogP contribution is -2.56. The largest absolute Gasteiger partial charge is 0.416 e. The fraction of sp³-hybridized carbons (Fsp3) is 0.611. The van der Waals surface area contributed by atoms with Crippen LogP contribution < -0.4 is 0 Å². The Hall–Kier alpha value is -1.60. The third kappa shape index (κ3) is 3.53. The number of aliphatic hydroxyl groups excluding tert-OH is 1. The Morgan fingerprint density at radius 1 is 1.32 bits per heavy atom. The van der Waals surface area contributed by atoms with Gasteiger partial charge in [0.05, 0.1) is 17.3 Å². The van der Waals surface area contributed by atoms with Crippen LogP contribution in [0.4, 0.5) is 13.2 Å². The molecule has 0 unspecified atom stereocenters. The molecule has 0 radical (unpaired) electrons. The monoisotopic (exact) mass is 357 g/mol. The lowest BCUT2D eigenvalue weighted by atomic mass is 9.82.